The van der Waals surface area contributed by atoms with E-state index in [-0.39, 0.29) is 36.2 Å². The molecule has 0 bridgehead atoms. The Hall–Kier alpha value is -3.18. The van der Waals surface area contributed by atoms with Gasteiger partial charge in [0, 0.05) is 13.1 Å². The molecule has 2 aromatic rings. The molecule has 0 radical (unpaired) electrons. The van der Waals surface area contributed by atoms with Gasteiger partial charge in [-0.25, -0.2) is 17.6 Å². The van der Waals surface area contributed by atoms with Crippen LogP contribution < -0.4 is 14.4 Å². The van der Waals surface area contributed by atoms with Crippen LogP contribution in [0.3, 0.4) is 0 Å². The zero-order valence-electron chi connectivity index (χ0n) is 18.8. The van der Waals surface area contributed by atoms with Crippen molar-refractivity contribution in [1.82, 2.24) is 4.31 Å². The molecule has 9 nitrogen and oxygen atoms in total. The molecule has 34 heavy (non-hydrogen) atoms. The number of rotatable bonds is 5. The van der Waals surface area contributed by atoms with Crippen LogP contribution >= 0.6 is 0 Å². The lowest BCUT2D eigenvalue weighted by molar-refractivity contribution is -0.148. The summed E-state index contributed by atoms with van der Waals surface area (Å²) in [4.78, 5) is 26.9. The Balaban J connectivity index is 1.60. The lowest BCUT2D eigenvalue weighted by Crippen LogP contribution is -2.52. The summed E-state index contributed by atoms with van der Waals surface area (Å²) < 4.78 is 57.3. The van der Waals surface area contributed by atoms with E-state index in [0.29, 0.717) is 24.3 Å². The number of piperidine rings is 1. The summed E-state index contributed by atoms with van der Waals surface area (Å²) in [6.07, 6.45) is -0.0865. The quantitative estimate of drug-likeness (QED) is 0.590. The van der Waals surface area contributed by atoms with Crippen molar-refractivity contribution in [3.63, 3.8) is 0 Å². The molecule has 182 valence electrons. The Morgan fingerprint density at radius 3 is 2.62 bits per heavy atom. The fraction of sp³-hybridized carbons (Fsp3) is 0.391. The molecule has 1 saturated heterocycles. The van der Waals surface area contributed by atoms with E-state index in [1.807, 2.05) is 0 Å². The molecule has 2 unspecified atom stereocenters. The number of halogens is 1. The van der Waals surface area contributed by atoms with Gasteiger partial charge in [0.15, 0.2) is 0 Å². The third-order valence-electron chi connectivity index (χ3n) is 5.98. The molecular weight excluding hydrogens is 467 g/mol. The standard InChI is InChI=1S/C23H25FN2O7S/c1-31-19-10-9-16(24)12-21(19)34(29,30)25-11-5-6-15(13-25)22(27)26-14-20(23(28)32-2)33-18-8-4-3-7-17(18)26/h3-4,7-10,12,15,20H,5-6,11,13-14H2,1-2H3. The summed E-state index contributed by atoms with van der Waals surface area (Å²) in [6.45, 7) is 0.0585. The van der Waals surface area contributed by atoms with Gasteiger partial charge in [0.05, 0.1) is 32.4 Å². The van der Waals surface area contributed by atoms with Crippen LogP contribution in [0.2, 0.25) is 0 Å². The smallest absolute Gasteiger partial charge is 0.348 e. The number of para-hydroxylation sites is 2. The minimum atomic E-state index is -4.11. The monoisotopic (exact) mass is 492 g/mol. The summed E-state index contributed by atoms with van der Waals surface area (Å²) in [6, 6.07) is 10.1. The van der Waals surface area contributed by atoms with Crippen molar-refractivity contribution in [3.05, 3.63) is 48.3 Å². The van der Waals surface area contributed by atoms with Crippen LogP contribution in [0.25, 0.3) is 0 Å². The summed E-state index contributed by atoms with van der Waals surface area (Å²) >= 11 is 0. The highest BCUT2D eigenvalue weighted by molar-refractivity contribution is 7.89. The van der Waals surface area contributed by atoms with Gasteiger partial charge < -0.3 is 19.1 Å². The van der Waals surface area contributed by atoms with Gasteiger partial charge in [-0.3, -0.25) is 4.79 Å². The minimum Gasteiger partial charge on any atom is -0.495 e. The van der Waals surface area contributed by atoms with Crippen molar-refractivity contribution in [2.24, 2.45) is 5.92 Å². The maximum atomic E-state index is 13.9. The lowest BCUT2D eigenvalue weighted by Gasteiger charge is -2.38. The molecule has 2 atom stereocenters. The highest BCUT2D eigenvalue weighted by Crippen LogP contribution is 2.36. The van der Waals surface area contributed by atoms with Crippen LogP contribution in [0, 0.1) is 11.7 Å². The lowest BCUT2D eigenvalue weighted by atomic mass is 9.97. The van der Waals surface area contributed by atoms with Gasteiger partial charge in [-0.1, -0.05) is 12.1 Å². The molecule has 2 aromatic carbocycles. The summed E-state index contributed by atoms with van der Waals surface area (Å²) in [5.41, 5.74) is 0.499. The number of benzene rings is 2. The average Bonchev–Trinajstić information content (AvgIpc) is 2.87. The zero-order valence-corrected chi connectivity index (χ0v) is 19.6. The molecule has 0 saturated carbocycles. The number of methoxy groups -OCH3 is 2. The third kappa shape index (κ3) is 4.45. The van der Waals surface area contributed by atoms with Crippen LogP contribution in [0.15, 0.2) is 47.4 Å². The van der Waals surface area contributed by atoms with Crippen LogP contribution in [-0.2, 0) is 24.3 Å². The highest BCUT2D eigenvalue weighted by atomic mass is 32.2. The van der Waals surface area contributed by atoms with E-state index in [4.69, 9.17) is 14.2 Å². The van der Waals surface area contributed by atoms with Gasteiger partial charge in [-0.2, -0.15) is 4.31 Å². The van der Waals surface area contributed by atoms with Crippen molar-refractivity contribution in [1.29, 1.82) is 0 Å². The summed E-state index contributed by atoms with van der Waals surface area (Å²) in [7, 11) is -1.57. The Morgan fingerprint density at radius 1 is 1.12 bits per heavy atom. The Morgan fingerprint density at radius 2 is 1.88 bits per heavy atom. The van der Waals surface area contributed by atoms with E-state index >= 15 is 0 Å². The van der Waals surface area contributed by atoms with Crippen LogP contribution in [0.1, 0.15) is 12.8 Å². The Bertz CT molecular complexity index is 1200. The van der Waals surface area contributed by atoms with E-state index < -0.39 is 33.8 Å². The SMILES string of the molecule is COC(=O)C1CN(C(=O)C2CCCN(S(=O)(=O)c3cc(F)ccc3OC)C2)c2ccccc2O1. The molecule has 0 aliphatic carbocycles. The normalized spacial score (nSPS) is 20.7. The van der Waals surface area contributed by atoms with E-state index in [2.05, 4.69) is 0 Å². The minimum absolute atomic E-state index is 0.0258. The molecule has 2 heterocycles. The topological polar surface area (TPSA) is 102 Å². The first-order valence-corrected chi connectivity index (χ1v) is 12.2. The van der Waals surface area contributed by atoms with E-state index in [9.17, 15) is 22.4 Å². The Labute approximate surface area is 197 Å². The number of carbonyl (C=O) groups is 2. The van der Waals surface area contributed by atoms with Gasteiger partial charge in [0.2, 0.25) is 22.0 Å². The number of sulfonamides is 1. The first kappa shape index (κ1) is 24.0. The average molecular weight is 493 g/mol. The fourth-order valence-corrected chi connectivity index (χ4v) is 5.96. The fourth-order valence-electron chi connectivity index (χ4n) is 4.27. The maximum Gasteiger partial charge on any atom is 0.348 e. The first-order chi connectivity index (χ1) is 16.3. The largest absolute Gasteiger partial charge is 0.495 e. The van der Waals surface area contributed by atoms with Crippen LogP contribution in [0.4, 0.5) is 10.1 Å². The van der Waals surface area contributed by atoms with Gasteiger partial charge in [0.25, 0.3) is 0 Å². The number of fused-ring (bicyclic) bond motifs is 1. The molecule has 0 spiro atoms. The number of anilines is 1. The number of esters is 1. The third-order valence-corrected chi connectivity index (χ3v) is 7.87. The number of hydrogen-bond acceptors (Lipinski definition) is 7. The zero-order chi connectivity index (χ0) is 24.5. The molecule has 1 amide bonds. The molecule has 4 rings (SSSR count). The second-order valence-corrected chi connectivity index (χ2v) is 9.95. The van der Waals surface area contributed by atoms with Gasteiger partial charge in [-0.05, 0) is 43.2 Å². The van der Waals surface area contributed by atoms with Crippen molar-refractivity contribution in [3.8, 4) is 11.5 Å². The Kier molecular flexibility index (Phi) is 6.76. The van der Waals surface area contributed by atoms with E-state index in [0.717, 1.165) is 12.1 Å². The number of carbonyl (C=O) groups excluding carboxylic acids is 2. The highest BCUT2D eigenvalue weighted by Gasteiger charge is 2.40. The van der Waals surface area contributed by atoms with Gasteiger partial charge >= 0.3 is 5.97 Å². The number of amides is 1. The summed E-state index contributed by atoms with van der Waals surface area (Å²) in [5, 5.41) is 0. The number of ether oxygens (including phenoxy) is 3. The van der Waals surface area contributed by atoms with Crippen LogP contribution in [0.5, 0.6) is 11.5 Å². The predicted octanol–water partition coefficient (Wildman–Crippen LogP) is 2.20. The van der Waals surface area contributed by atoms with Crippen molar-refractivity contribution >= 4 is 27.6 Å². The van der Waals surface area contributed by atoms with E-state index in [1.54, 1.807) is 24.3 Å². The van der Waals surface area contributed by atoms with Crippen LogP contribution in [-0.4, -0.2) is 64.6 Å². The molecule has 0 N–H and O–H groups in total. The van der Waals surface area contributed by atoms with Gasteiger partial charge in [0.1, 0.15) is 22.2 Å². The second-order valence-electron chi connectivity index (χ2n) is 8.04. The van der Waals surface area contributed by atoms with Crippen molar-refractivity contribution < 1.29 is 36.6 Å². The molecule has 2 aliphatic rings. The van der Waals surface area contributed by atoms with Crippen molar-refractivity contribution in [2.75, 3.05) is 38.8 Å². The second kappa shape index (κ2) is 9.59. The van der Waals surface area contributed by atoms with Gasteiger partial charge in [-0.15, -0.1) is 0 Å². The first-order valence-electron chi connectivity index (χ1n) is 10.7. The molecular formula is C23H25FN2O7S. The molecule has 1 fully saturated rings. The van der Waals surface area contributed by atoms with E-state index in [1.165, 1.54) is 29.5 Å². The molecule has 11 heteroatoms. The maximum absolute atomic E-state index is 13.9. The predicted molar refractivity (Wildman–Crippen MR) is 120 cm³/mol. The molecule has 0 aromatic heterocycles. The number of nitrogens with zero attached hydrogens (tertiary/aromatic N) is 2. The summed E-state index contributed by atoms with van der Waals surface area (Å²) in [5.74, 6) is -1.91. The molecule has 2 aliphatic heterocycles. The number of hydrogen-bond donors (Lipinski definition) is 0. The van der Waals surface area contributed by atoms with Crippen molar-refractivity contribution in [2.45, 2.75) is 23.8 Å².